The van der Waals surface area contributed by atoms with Crippen molar-refractivity contribution in [1.29, 1.82) is 0 Å². The highest BCUT2D eigenvalue weighted by molar-refractivity contribution is 7.87. The molecule has 0 N–H and O–H groups in total. The lowest BCUT2D eigenvalue weighted by Crippen LogP contribution is -2.13. The molecule has 0 fully saturated rings. The Morgan fingerprint density at radius 2 is 1.68 bits per heavy atom. The van der Waals surface area contributed by atoms with Crippen LogP contribution < -0.4 is 5.30 Å². The second-order valence-corrected chi connectivity index (χ2v) is 7.86. The van der Waals surface area contributed by atoms with Gasteiger partial charge >= 0.3 is 7.60 Å². The molecule has 0 aliphatic carbocycles. The first-order valence-electron chi connectivity index (χ1n) is 5.04. The molecular formula is C10H14ClO6PS. The monoisotopic (exact) mass is 328 g/mol. The van der Waals surface area contributed by atoms with Gasteiger partial charge < -0.3 is 9.05 Å². The molecule has 0 bridgehead atoms. The summed E-state index contributed by atoms with van der Waals surface area (Å²) in [7, 11) is -3.93. The molecule has 0 saturated heterocycles. The Bertz CT molecular complexity index is 596. The van der Waals surface area contributed by atoms with Crippen LogP contribution in [-0.2, 0) is 27.9 Å². The normalized spacial score (nSPS) is 12.7. The average Bonchev–Trinajstić information content (AvgIpc) is 2.36. The van der Waals surface area contributed by atoms with Crippen LogP contribution in [-0.4, -0.2) is 29.7 Å². The molecule has 0 heterocycles. The van der Waals surface area contributed by atoms with Gasteiger partial charge in [0, 0.05) is 14.2 Å². The van der Waals surface area contributed by atoms with Gasteiger partial charge in [-0.05, 0) is 24.6 Å². The molecule has 1 rings (SSSR count). The van der Waals surface area contributed by atoms with Crippen LogP contribution in [0.25, 0.3) is 0 Å². The number of rotatable bonds is 5. The molecule has 0 atom stereocenters. The van der Waals surface area contributed by atoms with E-state index in [1.54, 1.807) is 0 Å². The van der Waals surface area contributed by atoms with Crippen molar-refractivity contribution in [3.63, 3.8) is 0 Å². The van der Waals surface area contributed by atoms with Gasteiger partial charge in [0.2, 0.25) is 0 Å². The van der Waals surface area contributed by atoms with Gasteiger partial charge in [0.05, 0.1) is 17.4 Å². The predicted octanol–water partition coefficient (Wildman–Crippen LogP) is 2.09. The number of halogens is 1. The Kier molecular flexibility index (Phi) is 5.17. The van der Waals surface area contributed by atoms with E-state index in [0.717, 1.165) is 7.11 Å². The van der Waals surface area contributed by atoms with E-state index in [1.165, 1.54) is 33.3 Å². The molecule has 108 valence electrons. The topological polar surface area (TPSA) is 78.9 Å². The van der Waals surface area contributed by atoms with Gasteiger partial charge in [0.15, 0.2) is 0 Å². The van der Waals surface area contributed by atoms with Crippen LogP contribution in [0.3, 0.4) is 0 Å². The highest BCUT2D eigenvalue weighted by Gasteiger charge is 2.29. The number of aryl methyl sites for hydroxylation is 1. The summed E-state index contributed by atoms with van der Waals surface area (Å²) in [4.78, 5) is -0.167. The predicted molar refractivity (Wildman–Crippen MR) is 71.6 cm³/mol. The summed E-state index contributed by atoms with van der Waals surface area (Å²) in [5.41, 5.74) is 0.290. The van der Waals surface area contributed by atoms with Crippen molar-refractivity contribution in [1.82, 2.24) is 0 Å². The fourth-order valence-electron chi connectivity index (χ4n) is 1.56. The Morgan fingerprint density at radius 1 is 1.16 bits per heavy atom. The van der Waals surface area contributed by atoms with E-state index in [2.05, 4.69) is 4.18 Å². The highest BCUT2D eigenvalue weighted by atomic mass is 35.5. The van der Waals surface area contributed by atoms with Gasteiger partial charge in [-0.3, -0.25) is 8.75 Å². The van der Waals surface area contributed by atoms with Crippen molar-refractivity contribution >= 4 is 34.6 Å². The zero-order valence-corrected chi connectivity index (χ0v) is 13.3. The summed E-state index contributed by atoms with van der Waals surface area (Å²) in [6.45, 7) is 1.51. The maximum absolute atomic E-state index is 12.2. The largest absolute Gasteiger partial charge is 0.360 e. The second-order valence-electron chi connectivity index (χ2n) is 3.56. The van der Waals surface area contributed by atoms with E-state index in [1.807, 2.05) is 0 Å². The third kappa shape index (κ3) is 3.18. The standard InChI is InChI=1S/C10H14ClO6PS/c1-7-5-8(18(12,15-2)16-3)6-9(11)10(7)19(13,14)17-4/h5-6H,1-4H3. The van der Waals surface area contributed by atoms with Gasteiger partial charge in [-0.2, -0.15) is 8.42 Å². The molecule has 0 amide bonds. The summed E-state index contributed by atoms with van der Waals surface area (Å²) in [5.74, 6) is 0. The van der Waals surface area contributed by atoms with Gasteiger partial charge in [0.25, 0.3) is 10.1 Å². The molecule has 0 aliphatic heterocycles. The van der Waals surface area contributed by atoms with Crippen LogP contribution >= 0.6 is 19.2 Å². The van der Waals surface area contributed by atoms with Crippen LogP contribution in [0.2, 0.25) is 5.02 Å². The fraction of sp³-hybridized carbons (Fsp3) is 0.400. The molecule has 9 heteroatoms. The van der Waals surface area contributed by atoms with Crippen molar-refractivity contribution < 1.29 is 26.2 Å². The molecule has 0 saturated carbocycles. The summed E-state index contributed by atoms with van der Waals surface area (Å²) in [6.07, 6.45) is 0. The Labute approximate surface area is 117 Å². The maximum atomic E-state index is 12.2. The van der Waals surface area contributed by atoms with Gasteiger partial charge in [-0.25, -0.2) is 0 Å². The summed E-state index contributed by atoms with van der Waals surface area (Å²) in [6, 6.07) is 2.61. The molecule has 0 spiro atoms. The smallest absolute Gasteiger partial charge is 0.309 e. The third-order valence-electron chi connectivity index (χ3n) is 2.48. The van der Waals surface area contributed by atoms with Gasteiger partial charge in [0.1, 0.15) is 4.90 Å². The SMILES string of the molecule is COP(=O)(OC)c1cc(C)c(S(=O)(=O)OC)c(Cl)c1. The van der Waals surface area contributed by atoms with Crippen LogP contribution in [0.15, 0.2) is 17.0 Å². The van der Waals surface area contributed by atoms with E-state index < -0.39 is 17.7 Å². The number of hydrogen-bond acceptors (Lipinski definition) is 6. The molecule has 0 aromatic heterocycles. The molecule has 0 radical (unpaired) electrons. The van der Waals surface area contributed by atoms with E-state index in [9.17, 15) is 13.0 Å². The minimum Gasteiger partial charge on any atom is -0.309 e. The zero-order chi connectivity index (χ0) is 14.8. The summed E-state index contributed by atoms with van der Waals surface area (Å²) >= 11 is 5.93. The maximum Gasteiger partial charge on any atom is 0.360 e. The van der Waals surface area contributed by atoms with Crippen molar-refractivity contribution in [3.8, 4) is 0 Å². The minimum absolute atomic E-state index is 0.105. The van der Waals surface area contributed by atoms with Crippen molar-refractivity contribution in [2.75, 3.05) is 21.3 Å². The van der Waals surface area contributed by atoms with E-state index in [0.29, 0.717) is 5.56 Å². The summed E-state index contributed by atoms with van der Waals surface area (Å²) in [5, 5.41) is 0.0706. The van der Waals surface area contributed by atoms with Crippen LogP contribution in [0.5, 0.6) is 0 Å². The van der Waals surface area contributed by atoms with Gasteiger partial charge in [-0.15, -0.1) is 0 Å². The average molecular weight is 329 g/mol. The Balaban J connectivity index is 3.54. The molecule has 1 aromatic carbocycles. The molecular weight excluding hydrogens is 315 g/mol. The fourth-order valence-corrected chi connectivity index (χ4v) is 4.31. The highest BCUT2D eigenvalue weighted by Crippen LogP contribution is 2.46. The van der Waals surface area contributed by atoms with Gasteiger partial charge in [-0.1, -0.05) is 11.6 Å². The number of benzene rings is 1. The molecule has 0 unspecified atom stereocenters. The first-order chi connectivity index (χ1) is 8.71. The van der Waals surface area contributed by atoms with Crippen LogP contribution in [0.1, 0.15) is 5.56 Å². The first kappa shape index (κ1) is 16.6. The van der Waals surface area contributed by atoms with Crippen LogP contribution in [0.4, 0.5) is 0 Å². The van der Waals surface area contributed by atoms with E-state index >= 15 is 0 Å². The van der Waals surface area contributed by atoms with Crippen molar-refractivity contribution in [2.45, 2.75) is 11.8 Å². The lowest BCUT2D eigenvalue weighted by atomic mass is 10.2. The quantitative estimate of drug-likeness (QED) is 0.608. The van der Waals surface area contributed by atoms with E-state index in [-0.39, 0.29) is 15.2 Å². The number of hydrogen-bond donors (Lipinski definition) is 0. The molecule has 6 nitrogen and oxygen atoms in total. The minimum atomic E-state index is -3.94. The Morgan fingerprint density at radius 3 is 2.05 bits per heavy atom. The lowest BCUT2D eigenvalue weighted by molar-refractivity contribution is 0.287. The molecule has 1 aromatic rings. The Hall–Kier alpha value is -0.430. The van der Waals surface area contributed by atoms with Crippen LogP contribution in [0, 0.1) is 6.92 Å². The van der Waals surface area contributed by atoms with E-state index in [4.69, 9.17) is 20.6 Å². The summed E-state index contributed by atoms with van der Waals surface area (Å²) < 4.78 is 49.7. The first-order valence-corrected chi connectivity index (χ1v) is 8.37. The zero-order valence-electron chi connectivity index (χ0n) is 10.8. The molecule has 19 heavy (non-hydrogen) atoms. The van der Waals surface area contributed by atoms with Crippen molar-refractivity contribution in [2.24, 2.45) is 0 Å². The second kappa shape index (κ2) is 5.91. The van der Waals surface area contributed by atoms with Crippen molar-refractivity contribution in [3.05, 3.63) is 22.7 Å². The molecule has 0 aliphatic rings. The lowest BCUT2D eigenvalue weighted by Gasteiger charge is -2.16. The third-order valence-corrected chi connectivity index (χ3v) is 6.22.